The molecule has 1 aromatic heterocycles. The molecule has 0 aliphatic heterocycles. The average Bonchev–Trinajstić information content (AvgIpc) is 2.97. The second-order valence-electron chi connectivity index (χ2n) is 4.39. The van der Waals surface area contributed by atoms with Crippen molar-refractivity contribution in [2.45, 2.75) is 5.16 Å². The van der Waals surface area contributed by atoms with Gasteiger partial charge in [-0.15, -0.1) is 10.2 Å². The second-order valence-corrected chi connectivity index (χ2v) is 5.33. The van der Waals surface area contributed by atoms with Crippen LogP contribution in [0.15, 0.2) is 34.8 Å². The van der Waals surface area contributed by atoms with Gasteiger partial charge in [-0.1, -0.05) is 17.8 Å². The highest BCUT2D eigenvalue weighted by Gasteiger charge is 2.08. The van der Waals surface area contributed by atoms with Crippen molar-refractivity contribution in [3.63, 3.8) is 0 Å². The number of aryl methyl sites for hydroxylation is 1. The van der Waals surface area contributed by atoms with Crippen LogP contribution in [0.1, 0.15) is 5.56 Å². The van der Waals surface area contributed by atoms with E-state index in [0.29, 0.717) is 22.2 Å². The molecule has 0 bridgehead atoms. The van der Waals surface area contributed by atoms with Gasteiger partial charge in [0, 0.05) is 12.6 Å². The van der Waals surface area contributed by atoms with E-state index >= 15 is 0 Å². The number of nitrogens with zero attached hydrogens (tertiary/aromatic N) is 4. The van der Waals surface area contributed by atoms with Gasteiger partial charge in [-0.05, 0) is 12.1 Å². The first-order valence-electron chi connectivity index (χ1n) is 6.65. The van der Waals surface area contributed by atoms with Gasteiger partial charge in [0.15, 0.2) is 16.7 Å². The number of nitrogens with one attached hydrogen (secondary N) is 1. The van der Waals surface area contributed by atoms with Crippen molar-refractivity contribution >= 4 is 23.9 Å². The molecule has 9 heteroatoms. The third-order valence-electron chi connectivity index (χ3n) is 2.83. The van der Waals surface area contributed by atoms with E-state index < -0.39 is 0 Å². The standard InChI is InChI=1S/C14H17N5O3S/c1-19-9-16-18-14(19)23-8-12(20)17-15-7-10-5-4-6-11(21-2)13(10)22-3/h4-7,9H,8H2,1-3H3,(H,17,20)/b15-7+. The summed E-state index contributed by atoms with van der Waals surface area (Å²) in [7, 11) is 4.92. The third kappa shape index (κ3) is 4.46. The van der Waals surface area contributed by atoms with E-state index in [1.165, 1.54) is 18.0 Å². The number of aromatic nitrogens is 3. The molecule has 0 aliphatic carbocycles. The van der Waals surface area contributed by atoms with E-state index in [4.69, 9.17) is 9.47 Å². The van der Waals surface area contributed by atoms with Crippen molar-refractivity contribution in [2.75, 3.05) is 20.0 Å². The van der Waals surface area contributed by atoms with Crippen LogP contribution in [-0.4, -0.2) is 46.9 Å². The molecule has 0 saturated heterocycles. The van der Waals surface area contributed by atoms with Gasteiger partial charge in [0.25, 0.3) is 5.91 Å². The Morgan fingerprint density at radius 1 is 1.43 bits per heavy atom. The molecule has 1 N–H and O–H groups in total. The zero-order valence-corrected chi connectivity index (χ0v) is 13.8. The molecule has 0 unspecified atom stereocenters. The number of carbonyl (C=O) groups is 1. The number of methoxy groups -OCH3 is 2. The molecule has 1 aromatic carbocycles. The van der Waals surface area contributed by atoms with Crippen LogP contribution in [0.2, 0.25) is 0 Å². The van der Waals surface area contributed by atoms with E-state index in [2.05, 4.69) is 20.7 Å². The van der Waals surface area contributed by atoms with Crippen molar-refractivity contribution in [1.82, 2.24) is 20.2 Å². The lowest BCUT2D eigenvalue weighted by Gasteiger charge is -2.09. The summed E-state index contributed by atoms with van der Waals surface area (Å²) in [6, 6.07) is 5.41. The lowest BCUT2D eigenvalue weighted by molar-refractivity contribution is -0.118. The van der Waals surface area contributed by atoms with Crippen LogP contribution in [0.3, 0.4) is 0 Å². The summed E-state index contributed by atoms with van der Waals surface area (Å²) in [6.07, 6.45) is 3.08. The summed E-state index contributed by atoms with van der Waals surface area (Å²) in [5.41, 5.74) is 3.16. The minimum absolute atomic E-state index is 0.194. The molecule has 0 radical (unpaired) electrons. The van der Waals surface area contributed by atoms with E-state index in [1.54, 1.807) is 31.2 Å². The fourth-order valence-electron chi connectivity index (χ4n) is 1.75. The Balaban J connectivity index is 1.91. The SMILES string of the molecule is COc1cccc(/C=N/NC(=O)CSc2nncn2C)c1OC. The van der Waals surface area contributed by atoms with Crippen LogP contribution in [-0.2, 0) is 11.8 Å². The summed E-state index contributed by atoms with van der Waals surface area (Å²) in [4.78, 5) is 11.8. The highest BCUT2D eigenvalue weighted by atomic mass is 32.2. The van der Waals surface area contributed by atoms with Crippen molar-refractivity contribution in [2.24, 2.45) is 12.1 Å². The number of amides is 1. The molecule has 0 fully saturated rings. The zero-order chi connectivity index (χ0) is 16.7. The normalized spacial score (nSPS) is 10.7. The van der Waals surface area contributed by atoms with Crippen molar-refractivity contribution in [1.29, 1.82) is 0 Å². The first-order chi connectivity index (χ1) is 11.2. The molecule has 122 valence electrons. The van der Waals surface area contributed by atoms with Crippen LogP contribution in [0.4, 0.5) is 0 Å². The highest BCUT2D eigenvalue weighted by molar-refractivity contribution is 7.99. The van der Waals surface area contributed by atoms with Gasteiger partial charge in [-0.25, -0.2) is 5.43 Å². The molecular weight excluding hydrogens is 318 g/mol. The molecule has 0 atom stereocenters. The lowest BCUT2D eigenvalue weighted by Crippen LogP contribution is -2.20. The minimum Gasteiger partial charge on any atom is -0.493 e. The predicted molar refractivity (Wildman–Crippen MR) is 87.0 cm³/mol. The summed E-state index contributed by atoms with van der Waals surface area (Å²) in [5, 5.41) is 12.2. The quantitative estimate of drug-likeness (QED) is 0.462. The first kappa shape index (κ1) is 16.8. The van der Waals surface area contributed by atoms with Gasteiger partial charge in [-0.2, -0.15) is 5.10 Å². The Bertz CT molecular complexity index is 701. The number of thioether (sulfide) groups is 1. The number of para-hydroxylation sites is 1. The Labute approximate surface area is 137 Å². The Morgan fingerprint density at radius 2 is 2.26 bits per heavy atom. The van der Waals surface area contributed by atoms with E-state index in [-0.39, 0.29) is 11.7 Å². The Hall–Kier alpha value is -2.55. The summed E-state index contributed by atoms with van der Waals surface area (Å²) in [6.45, 7) is 0. The molecular formula is C14H17N5O3S. The molecule has 1 heterocycles. The molecule has 23 heavy (non-hydrogen) atoms. The van der Waals surface area contributed by atoms with Crippen LogP contribution < -0.4 is 14.9 Å². The molecule has 1 amide bonds. The number of benzene rings is 1. The molecule has 0 spiro atoms. The number of hydrogen-bond donors (Lipinski definition) is 1. The Kier molecular flexibility index (Phi) is 5.98. The first-order valence-corrected chi connectivity index (χ1v) is 7.64. The van der Waals surface area contributed by atoms with Crippen LogP contribution in [0, 0.1) is 0 Å². The predicted octanol–water partition coefficient (Wildman–Crippen LogP) is 1.07. The average molecular weight is 335 g/mol. The minimum atomic E-state index is -0.240. The number of hydrazone groups is 1. The van der Waals surface area contributed by atoms with E-state index in [0.717, 1.165) is 0 Å². The van der Waals surface area contributed by atoms with Crippen molar-refractivity contribution in [3.8, 4) is 11.5 Å². The lowest BCUT2D eigenvalue weighted by atomic mass is 10.2. The fourth-order valence-corrected chi connectivity index (χ4v) is 2.43. The highest BCUT2D eigenvalue weighted by Crippen LogP contribution is 2.29. The maximum atomic E-state index is 11.8. The van der Waals surface area contributed by atoms with Gasteiger partial charge >= 0.3 is 0 Å². The molecule has 2 aromatic rings. The zero-order valence-electron chi connectivity index (χ0n) is 13.0. The van der Waals surface area contributed by atoms with E-state index in [9.17, 15) is 4.79 Å². The third-order valence-corrected chi connectivity index (χ3v) is 3.86. The second kappa shape index (κ2) is 8.18. The molecule has 8 nitrogen and oxygen atoms in total. The van der Waals surface area contributed by atoms with Crippen LogP contribution in [0.5, 0.6) is 11.5 Å². The maximum absolute atomic E-state index is 11.8. The van der Waals surface area contributed by atoms with Gasteiger partial charge in [-0.3, -0.25) is 4.79 Å². The monoisotopic (exact) mass is 335 g/mol. The summed E-state index contributed by atoms with van der Waals surface area (Å²) < 4.78 is 12.2. The topological polar surface area (TPSA) is 90.6 Å². The van der Waals surface area contributed by atoms with Gasteiger partial charge < -0.3 is 14.0 Å². The van der Waals surface area contributed by atoms with Crippen molar-refractivity contribution in [3.05, 3.63) is 30.1 Å². The van der Waals surface area contributed by atoms with Crippen molar-refractivity contribution < 1.29 is 14.3 Å². The van der Waals surface area contributed by atoms with Gasteiger partial charge in [0.2, 0.25) is 0 Å². The number of hydrogen-bond acceptors (Lipinski definition) is 7. The molecule has 0 aliphatic rings. The number of rotatable bonds is 7. The van der Waals surface area contributed by atoms with E-state index in [1.807, 2.05) is 19.2 Å². The summed E-state index contributed by atoms with van der Waals surface area (Å²) >= 11 is 1.28. The van der Waals surface area contributed by atoms with Crippen LogP contribution >= 0.6 is 11.8 Å². The number of ether oxygens (including phenoxy) is 2. The van der Waals surface area contributed by atoms with Gasteiger partial charge in [0.1, 0.15) is 6.33 Å². The molecule has 2 rings (SSSR count). The largest absolute Gasteiger partial charge is 0.493 e. The maximum Gasteiger partial charge on any atom is 0.250 e. The van der Waals surface area contributed by atoms with Crippen LogP contribution in [0.25, 0.3) is 0 Å². The Morgan fingerprint density at radius 3 is 2.91 bits per heavy atom. The smallest absolute Gasteiger partial charge is 0.250 e. The fraction of sp³-hybridized carbons (Fsp3) is 0.286. The molecule has 0 saturated carbocycles. The summed E-state index contributed by atoms with van der Waals surface area (Å²) in [5.74, 6) is 1.11. The van der Waals surface area contributed by atoms with Gasteiger partial charge in [0.05, 0.1) is 26.2 Å². The number of carbonyl (C=O) groups excluding carboxylic acids is 1.